The summed E-state index contributed by atoms with van der Waals surface area (Å²) in [6, 6.07) is 21.5. The summed E-state index contributed by atoms with van der Waals surface area (Å²) >= 11 is 0. The van der Waals surface area contributed by atoms with E-state index in [1.165, 1.54) is 24.3 Å². The maximum absolute atomic E-state index is 12.2. The van der Waals surface area contributed by atoms with E-state index in [9.17, 15) is 19.5 Å². The molecule has 0 fully saturated rings. The van der Waals surface area contributed by atoms with Crippen LogP contribution in [0.1, 0.15) is 42.2 Å². The van der Waals surface area contributed by atoms with Gasteiger partial charge in [-0.25, -0.2) is 4.79 Å². The molecule has 0 atom stereocenters. The number of aromatic carboxylic acids is 2. The summed E-state index contributed by atoms with van der Waals surface area (Å²) in [4.78, 5) is 33.3. The zero-order chi connectivity index (χ0) is 19.8. The third kappa shape index (κ3) is 6.46. The number of carboxylic acids is 2. The van der Waals surface area contributed by atoms with E-state index in [0.29, 0.717) is 11.1 Å². The molecule has 0 aromatic heterocycles. The number of ketones is 1. The monoisotopic (exact) mass is 384 g/mol. The number of hydrogen-bond acceptors (Lipinski definition) is 4. The van der Waals surface area contributed by atoms with E-state index in [-0.39, 0.29) is 46.5 Å². The summed E-state index contributed by atoms with van der Waals surface area (Å²) < 4.78 is 0. The van der Waals surface area contributed by atoms with Crippen molar-refractivity contribution in [3.05, 3.63) is 107 Å². The van der Waals surface area contributed by atoms with E-state index in [1.807, 2.05) is 6.07 Å². The summed E-state index contributed by atoms with van der Waals surface area (Å²) in [6.45, 7) is 1.79. The van der Waals surface area contributed by atoms with Crippen LogP contribution in [0.3, 0.4) is 0 Å². The van der Waals surface area contributed by atoms with Gasteiger partial charge in [-0.15, -0.1) is 0 Å². The normalized spacial score (nSPS) is 9.32. The Kier molecular flexibility index (Phi) is 9.32. The van der Waals surface area contributed by atoms with Gasteiger partial charge in [0, 0.05) is 11.1 Å². The molecule has 0 bridgehead atoms. The number of hydrogen-bond donors (Lipinski definition) is 1. The second-order valence-electron chi connectivity index (χ2n) is 5.68. The smallest absolute Gasteiger partial charge is 0.545 e. The van der Waals surface area contributed by atoms with Crippen molar-refractivity contribution in [2.75, 3.05) is 0 Å². The van der Waals surface area contributed by atoms with Crippen molar-refractivity contribution in [2.45, 2.75) is 6.92 Å². The molecule has 3 aromatic carbocycles. The molecule has 0 heterocycles. The number of rotatable bonds is 4. The Balaban J connectivity index is 0.000000332. The molecule has 0 aliphatic carbocycles. The molecule has 3 rings (SSSR count). The van der Waals surface area contributed by atoms with Gasteiger partial charge in [0.15, 0.2) is 5.78 Å². The van der Waals surface area contributed by atoms with E-state index in [0.717, 1.165) is 5.56 Å². The minimum Gasteiger partial charge on any atom is -0.545 e. The van der Waals surface area contributed by atoms with Gasteiger partial charge in [0.1, 0.15) is 0 Å². The Hall–Kier alpha value is -2.73. The van der Waals surface area contributed by atoms with Crippen LogP contribution in [0.25, 0.3) is 0 Å². The Morgan fingerprint density at radius 1 is 0.750 bits per heavy atom. The molecule has 0 amide bonds. The third-order valence-corrected chi connectivity index (χ3v) is 3.77. The molecule has 0 aliphatic heterocycles. The van der Waals surface area contributed by atoms with Crippen molar-refractivity contribution in [3.63, 3.8) is 0 Å². The van der Waals surface area contributed by atoms with E-state index in [2.05, 4.69) is 0 Å². The summed E-state index contributed by atoms with van der Waals surface area (Å²) in [7, 11) is 0. The predicted octanol–water partition coefficient (Wildman–Crippen LogP) is -0.0217. The fraction of sp³-hybridized carbons (Fsp3) is 0.0455. The van der Waals surface area contributed by atoms with Crippen molar-refractivity contribution >= 4 is 17.7 Å². The third-order valence-electron chi connectivity index (χ3n) is 3.77. The van der Waals surface area contributed by atoms with Gasteiger partial charge < -0.3 is 15.0 Å². The second kappa shape index (κ2) is 11.2. The Labute approximate surface area is 184 Å². The number of aryl methyl sites for hydroxylation is 1. The van der Waals surface area contributed by atoms with Crippen molar-refractivity contribution in [3.8, 4) is 0 Å². The fourth-order valence-corrected chi connectivity index (χ4v) is 2.32. The molecule has 6 heteroatoms. The Morgan fingerprint density at radius 3 is 1.68 bits per heavy atom. The molecule has 0 aliphatic rings. The van der Waals surface area contributed by atoms with Crippen LogP contribution in [0.15, 0.2) is 78.9 Å². The van der Waals surface area contributed by atoms with Crippen molar-refractivity contribution in [1.82, 2.24) is 0 Å². The first-order valence-corrected chi connectivity index (χ1v) is 8.10. The SMILES string of the molecule is Cc1ccc(C(=O)O)cc1C(=O)c1ccccc1.O=C([O-])c1ccccc1.[Na+]. The van der Waals surface area contributed by atoms with E-state index < -0.39 is 11.9 Å². The maximum Gasteiger partial charge on any atom is 1.00 e. The van der Waals surface area contributed by atoms with Gasteiger partial charge in [0.25, 0.3) is 0 Å². The van der Waals surface area contributed by atoms with E-state index >= 15 is 0 Å². The first-order valence-electron chi connectivity index (χ1n) is 8.10. The van der Waals surface area contributed by atoms with Crippen LogP contribution in [-0.2, 0) is 0 Å². The summed E-state index contributed by atoms with van der Waals surface area (Å²) in [5, 5.41) is 19.0. The van der Waals surface area contributed by atoms with Gasteiger partial charge in [-0.1, -0.05) is 66.7 Å². The van der Waals surface area contributed by atoms with Crippen LogP contribution in [0, 0.1) is 6.92 Å². The molecule has 28 heavy (non-hydrogen) atoms. The zero-order valence-electron chi connectivity index (χ0n) is 15.6. The Morgan fingerprint density at radius 2 is 1.25 bits per heavy atom. The van der Waals surface area contributed by atoms with Crippen molar-refractivity contribution in [1.29, 1.82) is 0 Å². The average molecular weight is 384 g/mol. The summed E-state index contributed by atoms with van der Waals surface area (Å²) in [6.07, 6.45) is 0. The van der Waals surface area contributed by atoms with Crippen LogP contribution in [0.4, 0.5) is 0 Å². The van der Waals surface area contributed by atoms with Crippen LogP contribution in [0.5, 0.6) is 0 Å². The number of carbonyl (C=O) groups excluding carboxylic acids is 2. The topological polar surface area (TPSA) is 94.5 Å². The molecule has 1 N–H and O–H groups in total. The Bertz CT molecular complexity index is 953. The van der Waals surface area contributed by atoms with Crippen LogP contribution in [-0.4, -0.2) is 22.8 Å². The summed E-state index contributed by atoms with van der Waals surface area (Å²) in [5.41, 5.74) is 2.11. The quantitative estimate of drug-likeness (QED) is 0.504. The first-order chi connectivity index (χ1) is 12.9. The zero-order valence-corrected chi connectivity index (χ0v) is 17.6. The largest absolute Gasteiger partial charge is 1.00 e. The van der Waals surface area contributed by atoms with Gasteiger partial charge in [0.05, 0.1) is 11.5 Å². The molecule has 0 unspecified atom stereocenters. The molecule has 5 nitrogen and oxygen atoms in total. The summed E-state index contributed by atoms with van der Waals surface area (Å²) in [5.74, 6) is -2.32. The molecule has 3 aromatic rings. The van der Waals surface area contributed by atoms with Crippen molar-refractivity contribution < 1.29 is 54.2 Å². The van der Waals surface area contributed by atoms with E-state index in [4.69, 9.17) is 5.11 Å². The fourth-order valence-electron chi connectivity index (χ4n) is 2.32. The molecular formula is C22H17NaO5. The number of carbonyl (C=O) groups is 3. The van der Waals surface area contributed by atoms with Crippen molar-refractivity contribution in [2.24, 2.45) is 0 Å². The molecule has 0 saturated heterocycles. The van der Waals surface area contributed by atoms with Gasteiger partial charge in [0.2, 0.25) is 0 Å². The van der Waals surface area contributed by atoms with Crippen LogP contribution in [0.2, 0.25) is 0 Å². The van der Waals surface area contributed by atoms with Gasteiger partial charge in [-0.2, -0.15) is 0 Å². The molecule has 0 radical (unpaired) electrons. The first kappa shape index (κ1) is 23.3. The minimum absolute atomic E-state index is 0. The maximum atomic E-state index is 12.2. The second-order valence-corrected chi connectivity index (χ2v) is 5.68. The van der Waals surface area contributed by atoms with E-state index in [1.54, 1.807) is 55.5 Å². The van der Waals surface area contributed by atoms with Gasteiger partial charge in [-0.3, -0.25) is 4.79 Å². The minimum atomic E-state index is -1.13. The predicted molar refractivity (Wildman–Crippen MR) is 98.8 cm³/mol. The molecule has 0 saturated carbocycles. The van der Waals surface area contributed by atoms with Gasteiger partial charge >= 0.3 is 35.5 Å². The standard InChI is InChI=1S/C15H12O3.C7H6O2.Na/c1-10-7-8-12(15(17)18)9-13(10)14(16)11-5-3-2-4-6-11;8-7(9)6-4-2-1-3-5-6;/h2-9H,1H3,(H,17,18);1-5H,(H,8,9);/q;;+1/p-1. The average Bonchev–Trinajstić information content (AvgIpc) is 2.69. The van der Waals surface area contributed by atoms with Gasteiger partial charge in [-0.05, 0) is 30.2 Å². The number of benzene rings is 3. The molecular weight excluding hydrogens is 367 g/mol. The molecule has 136 valence electrons. The molecule has 0 spiro atoms. The van der Waals surface area contributed by atoms with Crippen LogP contribution < -0.4 is 34.7 Å². The number of carboxylic acid groups (broad SMARTS) is 2. The van der Waals surface area contributed by atoms with Crippen LogP contribution >= 0.6 is 0 Å².